The van der Waals surface area contributed by atoms with Crippen molar-refractivity contribution in [3.05, 3.63) is 87.7 Å². The highest BCUT2D eigenvalue weighted by Gasteiger charge is 2.17. The summed E-state index contributed by atoms with van der Waals surface area (Å²) in [7, 11) is 0. The van der Waals surface area contributed by atoms with E-state index in [0.717, 1.165) is 21.5 Å². The van der Waals surface area contributed by atoms with Crippen molar-refractivity contribution in [1.82, 2.24) is 24.9 Å². The van der Waals surface area contributed by atoms with E-state index in [-0.39, 0.29) is 24.8 Å². The molecule has 0 atom stereocenters. The zero-order valence-corrected chi connectivity index (χ0v) is 16.6. The molecule has 0 fully saturated rings. The predicted octanol–water partition coefficient (Wildman–Crippen LogP) is 2.65. The van der Waals surface area contributed by atoms with Gasteiger partial charge in [0.2, 0.25) is 5.91 Å². The fourth-order valence-corrected chi connectivity index (χ4v) is 3.31. The van der Waals surface area contributed by atoms with Gasteiger partial charge in [-0.15, -0.1) is 0 Å². The Labute approximate surface area is 171 Å². The lowest BCUT2D eigenvalue weighted by atomic mass is 10.2. The molecule has 0 radical (unpaired) electrons. The highest BCUT2D eigenvalue weighted by atomic mass is 19.1. The van der Waals surface area contributed by atoms with Gasteiger partial charge in [-0.05, 0) is 43.2 Å². The van der Waals surface area contributed by atoms with Crippen LogP contribution in [0.1, 0.15) is 16.8 Å². The smallest absolute Gasteiger partial charge is 0.293 e. The van der Waals surface area contributed by atoms with Crippen LogP contribution in [0.4, 0.5) is 4.39 Å². The van der Waals surface area contributed by atoms with E-state index >= 15 is 0 Å². The summed E-state index contributed by atoms with van der Waals surface area (Å²) in [4.78, 5) is 25.5. The molecule has 0 unspecified atom stereocenters. The number of hydrogen-bond donors (Lipinski definition) is 1. The average molecular weight is 405 g/mol. The number of hydrogen-bond acceptors (Lipinski definition) is 4. The molecule has 8 heteroatoms. The quantitative estimate of drug-likeness (QED) is 0.554. The summed E-state index contributed by atoms with van der Waals surface area (Å²) in [5, 5.41) is 12.0. The summed E-state index contributed by atoms with van der Waals surface area (Å²) >= 11 is 0. The number of carbonyl (C=O) groups is 1. The van der Waals surface area contributed by atoms with Crippen molar-refractivity contribution in [2.45, 2.75) is 26.9 Å². The molecular formula is C22H20FN5O2. The molecular weight excluding hydrogens is 385 g/mol. The van der Waals surface area contributed by atoms with Crippen LogP contribution in [0.25, 0.3) is 16.6 Å². The molecule has 1 N–H and O–H groups in total. The molecule has 0 spiro atoms. The molecule has 2 heterocycles. The molecule has 30 heavy (non-hydrogen) atoms. The van der Waals surface area contributed by atoms with Crippen LogP contribution in [-0.2, 0) is 17.9 Å². The van der Waals surface area contributed by atoms with Gasteiger partial charge in [-0.2, -0.15) is 10.2 Å². The molecule has 0 saturated heterocycles. The molecule has 4 aromatic rings. The molecule has 4 rings (SSSR count). The minimum absolute atomic E-state index is 0.226. The third-order valence-electron chi connectivity index (χ3n) is 4.91. The summed E-state index contributed by atoms with van der Waals surface area (Å²) in [6.45, 7) is 3.73. The van der Waals surface area contributed by atoms with Crippen molar-refractivity contribution in [2.24, 2.45) is 0 Å². The van der Waals surface area contributed by atoms with E-state index in [4.69, 9.17) is 0 Å². The van der Waals surface area contributed by atoms with Crippen LogP contribution < -0.4 is 10.9 Å². The SMILES string of the molecule is Cc1ccccc1-n1ncc2c(C)nn(CC(=O)NCc3ccc(F)cc3)c(=O)c21. The van der Waals surface area contributed by atoms with Crippen LogP contribution in [0.5, 0.6) is 0 Å². The zero-order valence-electron chi connectivity index (χ0n) is 16.6. The van der Waals surface area contributed by atoms with Crippen LogP contribution in [0.15, 0.2) is 59.5 Å². The molecule has 7 nitrogen and oxygen atoms in total. The number of aryl methyl sites for hydroxylation is 2. The molecule has 2 aromatic carbocycles. The number of fused-ring (bicyclic) bond motifs is 1. The van der Waals surface area contributed by atoms with E-state index in [9.17, 15) is 14.0 Å². The number of halogens is 1. The number of nitrogens with zero attached hydrogens (tertiary/aromatic N) is 4. The minimum atomic E-state index is -0.395. The van der Waals surface area contributed by atoms with Crippen molar-refractivity contribution < 1.29 is 9.18 Å². The fourth-order valence-electron chi connectivity index (χ4n) is 3.31. The van der Waals surface area contributed by atoms with Gasteiger partial charge in [0.25, 0.3) is 5.56 Å². The van der Waals surface area contributed by atoms with Crippen LogP contribution in [0.2, 0.25) is 0 Å². The van der Waals surface area contributed by atoms with Gasteiger partial charge in [0.05, 0.1) is 17.6 Å². The summed E-state index contributed by atoms with van der Waals surface area (Å²) in [5.74, 6) is -0.704. The van der Waals surface area contributed by atoms with Crippen LogP contribution >= 0.6 is 0 Å². The fraction of sp³-hybridized carbons (Fsp3) is 0.182. The first-order valence-electron chi connectivity index (χ1n) is 9.46. The third kappa shape index (κ3) is 3.71. The van der Waals surface area contributed by atoms with Crippen LogP contribution in [0.3, 0.4) is 0 Å². The van der Waals surface area contributed by atoms with E-state index in [2.05, 4.69) is 15.5 Å². The summed E-state index contributed by atoms with van der Waals surface area (Å²) in [6.07, 6.45) is 1.62. The zero-order chi connectivity index (χ0) is 21.3. The van der Waals surface area contributed by atoms with Gasteiger partial charge in [0, 0.05) is 11.9 Å². The topological polar surface area (TPSA) is 81.8 Å². The maximum atomic E-state index is 13.1. The maximum Gasteiger partial charge on any atom is 0.293 e. The molecule has 0 saturated carbocycles. The second-order valence-electron chi connectivity index (χ2n) is 7.06. The van der Waals surface area contributed by atoms with E-state index in [1.165, 1.54) is 12.1 Å². The number of benzene rings is 2. The van der Waals surface area contributed by atoms with Crippen molar-refractivity contribution in [3.63, 3.8) is 0 Å². The summed E-state index contributed by atoms with van der Waals surface area (Å²) in [6, 6.07) is 13.5. The van der Waals surface area contributed by atoms with Crippen molar-refractivity contribution in [1.29, 1.82) is 0 Å². The number of aromatic nitrogens is 4. The second kappa shape index (κ2) is 7.90. The van der Waals surface area contributed by atoms with E-state index in [0.29, 0.717) is 16.6 Å². The molecule has 152 valence electrons. The number of carbonyl (C=O) groups excluding carboxylic acids is 1. The minimum Gasteiger partial charge on any atom is -0.350 e. The lowest BCUT2D eigenvalue weighted by molar-refractivity contribution is -0.122. The predicted molar refractivity (Wildman–Crippen MR) is 111 cm³/mol. The molecule has 0 aliphatic rings. The molecule has 0 bridgehead atoms. The standard InChI is InChI=1S/C22H20FN5O2/c1-14-5-3-4-6-19(14)28-21-18(12-25-28)15(2)26-27(22(21)30)13-20(29)24-11-16-7-9-17(23)10-8-16/h3-10,12H,11,13H2,1-2H3,(H,24,29). The Morgan fingerprint density at radius 3 is 2.57 bits per heavy atom. The molecule has 1 amide bonds. The van der Waals surface area contributed by atoms with Gasteiger partial charge in [0.1, 0.15) is 17.9 Å². The van der Waals surface area contributed by atoms with E-state index < -0.39 is 5.56 Å². The molecule has 0 aliphatic heterocycles. The largest absolute Gasteiger partial charge is 0.350 e. The molecule has 0 aliphatic carbocycles. The summed E-state index contributed by atoms with van der Waals surface area (Å²) < 4.78 is 15.7. The van der Waals surface area contributed by atoms with Gasteiger partial charge in [-0.1, -0.05) is 30.3 Å². The van der Waals surface area contributed by atoms with Gasteiger partial charge < -0.3 is 5.32 Å². The van der Waals surface area contributed by atoms with Gasteiger partial charge in [-0.3, -0.25) is 9.59 Å². The Bertz CT molecular complexity index is 1290. The van der Waals surface area contributed by atoms with Crippen LogP contribution in [0, 0.1) is 19.7 Å². The first-order valence-corrected chi connectivity index (χ1v) is 9.46. The van der Waals surface area contributed by atoms with Crippen molar-refractivity contribution in [3.8, 4) is 5.69 Å². The highest BCUT2D eigenvalue weighted by Crippen LogP contribution is 2.19. The van der Waals surface area contributed by atoms with E-state index in [1.54, 1.807) is 29.9 Å². The molecule has 2 aromatic heterocycles. The first-order chi connectivity index (χ1) is 14.4. The Morgan fingerprint density at radius 1 is 1.10 bits per heavy atom. The average Bonchev–Trinajstić information content (AvgIpc) is 3.17. The normalized spacial score (nSPS) is 11.0. The van der Waals surface area contributed by atoms with Gasteiger partial charge in [-0.25, -0.2) is 13.8 Å². The Kier molecular flexibility index (Phi) is 5.14. The van der Waals surface area contributed by atoms with Crippen molar-refractivity contribution in [2.75, 3.05) is 0 Å². The number of amides is 1. The Morgan fingerprint density at radius 2 is 1.83 bits per heavy atom. The lowest BCUT2D eigenvalue weighted by Gasteiger charge is -2.10. The maximum absolute atomic E-state index is 13.1. The first kappa shape index (κ1) is 19.5. The van der Waals surface area contributed by atoms with Gasteiger partial charge >= 0.3 is 0 Å². The van der Waals surface area contributed by atoms with Crippen molar-refractivity contribution >= 4 is 16.8 Å². The number of nitrogens with one attached hydrogen (secondary N) is 1. The lowest BCUT2D eigenvalue weighted by Crippen LogP contribution is -2.34. The number of para-hydroxylation sites is 1. The van der Waals surface area contributed by atoms with E-state index in [1.807, 2.05) is 31.2 Å². The highest BCUT2D eigenvalue weighted by molar-refractivity contribution is 5.82. The van der Waals surface area contributed by atoms with Crippen LogP contribution in [-0.4, -0.2) is 25.5 Å². The number of rotatable bonds is 5. The third-order valence-corrected chi connectivity index (χ3v) is 4.91. The monoisotopic (exact) mass is 405 g/mol. The van der Waals surface area contributed by atoms with Gasteiger partial charge in [0.15, 0.2) is 0 Å². The second-order valence-corrected chi connectivity index (χ2v) is 7.06. The Balaban J connectivity index is 1.63. The summed E-state index contributed by atoms with van der Waals surface area (Å²) in [5.41, 5.74) is 3.11. The Hall–Kier alpha value is -3.81.